The molecular weight excluding hydrogens is 596 g/mol. The van der Waals surface area contributed by atoms with Crippen molar-refractivity contribution in [1.29, 1.82) is 0 Å². The summed E-state index contributed by atoms with van der Waals surface area (Å²) in [4.78, 5) is 25.3. The summed E-state index contributed by atoms with van der Waals surface area (Å²) in [6.45, 7) is 10.9. The van der Waals surface area contributed by atoms with Crippen LogP contribution in [0.2, 0.25) is 0 Å². The molecule has 0 fully saturated rings. The Labute approximate surface area is 271 Å². The molecule has 4 N–H and O–H groups in total. The third kappa shape index (κ3) is 6.90. The highest BCUT2D eigenvalue weighted by Gasteiger charge is 2.19. The van der Waals surface area contributed by atoms with E-state index in [9.17, 15) is 4.79 Å². The van der Waals surface area contributed by atoms with E-state index < -0.39 is 0 Å². The fraction of sp³-hybridized carbons (Fsp3) is 0.303. The van der Waals surface area contributed by atoms with Gasteiger partial charge in [0.15, 0.2) is 29.3 Å². The number of aromatic amines is 1. The second-order valence-corrected chi connectivity index (χ2v) is 11.6. The van der Waals surface area contributed by atoms with E-state index in [1.54, 1.807) is 16.4 Å². The Hall–Kier alpha value is -5.79. The molecule has 0 spiro atoms. The normalized spacial score (nSPS) is 13.4. The number of fused-ring (bicyclic) bond motifs is 2. The Morgan fingerprint density at radius 3 is 2.13 bits per heavy atom. The van der Waals surface area contributed by atoms with Gasteiger partial charge in [-0.05, 0) is 68.5 Å². The Morgan fingerprint density at radius 1 is 0.894 bits per heavy atom. The molecule has 2 atom stereocenters. The molecule has 6 aromatic rings. The largest absolute Gasteiger partial charge is 0.486 e. The van der Waals surface area contributed by atoms with Gasteiger partial charge in [0.25, 0.3) is 0 Å². The number of benzene rings is 2. The van der Waals surface area contributed by atoms with E-state index in [0.717, 1.165) is 56.4 Å². The average Bonchev–Trinajstić information content (AvgIpc) is 3.80. The molecule has 0 saturated heterocycles. The molecular formula is C33H38N12O2. The summed E-state index contributed by atoms with van der Waals surface area (Å²) in [5, 5.41) is 27.9. The topological polar surface area (TPSA) is 164 Å². The van der Waals surface area contributed by atoms with Gasteiger partial charge in [-0.15, -0.1) is 14.8 Å². The number of hydrogen-bond donors (Lipinski definition) is 4. The molecule has 242 valence electrons. The smallest absolute Gasteiger partial charge is 0.221 e. The second kappa shape index (κ2) is 13.3. The summed E-state index contributed by atoms with van der Waals surface area (Å²) < 4.78 is 8.22. The van der Waals surface area contributed by atoms with Gasteiger partial charge >= 0.3 is 0 Å². The molecule has 47 heavy (non-hydrogen) atoms. The highest BCUT2D eigenvalue weighted by Crippen LogP contribution is 2.21. The van der Waals surface area contributed by atoms with Crippen molar-refractivity contribution < 1.29 is 9.53 Å². The van der Waals surface area contributed by atoms with Gasteiger partial charge in [0.1, 0.15) is 0 Å². The van der Waals surface area contributed by atoms with Crippen molar-refractivity contribution in [3.8, 4) is 0 Å². The van der Waals surface area contributed by atoms with Gasteiger partial charge in [0.2, 0.25) is 5.91 Å². The highest BCUT2D eigenvalue weighted by atomic mass is 16.5. The van der Waals surface area contributed by atoms with Gasteiger partial charge in [-0.2, -0.15) is 9.73 Å². The van der Waals surface area contributed by atoms with Crippen LogP contribution in [0.4, 0.5) is 22.7 Å². The summed E-state index contributed by atoms with van der Waals surface area (Å²) in [7, 11) is 1.57. The molecule has 0 aliphatic carbocycles. The van der Waals surface area contributed by atoms with Crippen molar-refractivity contribution in [2.45, 2.75) is 46.5 Å². The number of ether oxygens (including phenoxy) is 1. The van der Waals surface area contributed by atoms with Crippen LogP contribution in [-0.4, -0.2) is 72.1 Å². The van der Waals surface area contributed by atoms with Gasteiger partial charge in [0.05, 0.1) is 18.5 Å². The van der Waals surface area contributed by atoms with Gasteiger partial charge < -0.3 is 20.7 Å². The van der Waals surface area contributed by atoms with Gasteiger partial charge in [-0.25, -0.2) is 15.0 Å². The molecule has 2 unspecified atom stereocenters. The first-order chi connectivity index (χ1) is 22.7. The number of rotatable bonds is 12. The molecule has 14 nitrogen and oxygen atoms in total. The van der Waals surface area contributed by atoms with Crippen LogP contribution in [0.1, 0.15) is 61.2 Å². The minimum Gasteiger partial charge on any atom is -0.486 e. The van der Waals surface area contributed by atoms with Gasteiger partial charge in [-0.1, -0.05) is 13.8 Å². The zero-order valence-corrected chi connectivity index (χ0v) is 27.2. The minimum atomic E-state index is -0.0986. The van der Waals surface area contributed by atoms with Gasteiger partial charge in [-0.3, -0.25) is 9.89 Å². The fourth-order valence-corrected chi connectivity index (χ4v) is 5.16. The maximum atomic E-state index is 11.3. The lowest BCUT2D eigenvalue weighted by atomic mass is 10.1. The quantitative estimate of drug-likeness (QED) is 0.113. The van der Waals surface area contributed by atoms with E-state index in [2.05, 4.69) is 56.2 Å². The number of amides is 1. The van der Waals surface area contributed by atoms with E-state index in [1.165, 1.54) is 13.3 Å². The van der Waals surface area contributed by atoms with Crippen LogP contribution in [0.25, 0.3) is 17.4 Å². The predicted molar refractivity (Wildman–Crippen MR) is 183 cm³/mol. The Kier molecular flexibility index (Phi) is 8.82. The molecule has 0 aliphatic rings. The number of aliphatic imine (C=N–C) groups is 1. The number of nitrogens with zero attached hydrogens (tertiary/aromatic N) is 8. The lowest BCUT2D eigenvalue weighted by Crippen LogP contribution is -2.12. The van der Waals surface area contributed by atoms with Crippen LogP contribution in [0.5, 0.6) is 0 Å². The number of H-pyrrole nitrogens is 1. The number of anilines is 3. The number of aryl methyl sites for hydroxylation is 2. The van der Waals surface area contributed by atoms with Crippen molar-refractivity contribution in [3.05, 3.63) is 82.3 Å². The Morgan fingerprint density at radius 2 is 1.49 bits per heavy atom. The molecule has 0 saturated carbocycles. The molecule has 0 radical (unpaired) electrons. The monoisotopic (exact) mass is 634 g/mol. The fourth-order valence-electron chi connectivity index (χ4n) is 5.16. The lowest BCUT2D eigenvalue weighted by molar-refractivity contribution is -0.114. The average molecular weight is 635 g/mol. The molecule has 4 aromatic heterocycles. The summed E-state index contributed by atoms with van der Waals surface area (Å²) in [6, 6.07) is 15.4. The lowest BCUT2D eigenvalue weighted by Gasteiger charge is -2.11. The zero-order chi connectivity index (χ0) is 33.1. The molecule has 0 aliphatic heterocycles. The summed E-state index contributed by atoms with van der Waals surface area (Å²) in [5.41, 5.74) is 7.63. The molecule has 4 heterocycles. The van der Waals surface area contributed by atoms with Crippen LogP contribution in [0.15, 0.2) is 53.5 Å². The van der Waals surface area contributed by atoms with E-state index in [-0.39, 0.29) is 17.7 Å². The molecule has 0 bridgehead atoms. The van der Waals surface area contributed by atoms with Crippen molar-refractivity contribution in [2.75, 3.05) is 36.1 Å². The SMILES string of the molecule is COC=Nc1ccc(NCC(C)c2nc3c(C=c4c(C)nn5nc(C(C)CNc6ccc(NC(C)=O)cc6)nc45)c(C)[nH]n3n2)cc1. The summed E-state index contributed by atoms with van der Waals surface area (Å²) >= 11 is 0. The van der Waals surface area contributed by atoms with Crippen molar-refractivity contribution in [3.63, 3.8) is 0 Å². The number of aromatic nitrogens is 8. The molecule has 6 rings (SSSR count). The standard InChI is InChI=1S/C33H38N12O2/c1-19(16-34-24-7-9-26(10-8-24)36-18-47-6)30-38-32-28(21(3)40-44(32)42-30)15-29-22(4)41-45-33(29)39-31(43-45)20(2)17-35-25-11-13-27(14-12-25)37-23(5)46/h7-15,18-20,34-35,40H,16-17H2,1-6H3,(H,37,46). The third-order valence-electron chi connectivity index (χ3n) is 7.80. The number of carbonyl (C=O) groups excluding carboxylic acids is 1. The minimum absolute atomic E-state index is 0.0248. The number of hydrogen-bond acceptors (Lipinski definition) is 10. The Balaban J connectivity index is 1.17. The molecule has 14 heteroatoms. The van der Waals surface area contributed by atoms with Crippen LogP contribution in [0, 0.1) is 13.8 Å². The Bertz CT molecular complexity index is 2090. The van der Waals surface area contributed by atoms with Crippen LogP contribution in [0.3, 0.4) is 0 Å². The van der Waals surface area contributed by atoms with E-state index in [1.807, 2.05) is 62.4 Å². The van der Waals surface area contributed by atoms with Gasteiger partial charge in [0, 0.05) is 65.4 Å². The van der Waals surface area contributed by atoms with E-state index >= 15 is 0 Å². The maximum absolute atomic E-state index is 11.3. The first-order valence-corrected chi connectivity index (χ1v) is 15.4. The zero-order valence-electron chi connectivity index (χ0n) is 27.2. The molecule has 2 aromatic carbocycles. The first-order valence-electron chi connectivity index (χ1n) is 15.4. The number of carbonyl (C=O) groups is 1. The summed E-state index contributed by atoms with van der Waals surface area (Å²) in [6.07, 6.45) is 3.47. The number of nitrogens with one attached hydrogen (secondary N) is 4. The highest BCUT2D eigenvalue weighted by molar-refractivity contribution is 5.88. The van der Waals surface area contributed by atoms with Crippen LogP contribution in [-0.2, 0) is 9.53 Å². The first kappa shape index (κ1) is 31.2. The predicted octanol–water partition coefficient (Wildman–Crippen LogP) is 4.36. The third-order valence-corrected chi connectivity index (χ3v) is 7.80. The second-order valence-electron chi connectivity index (χ2n) is 11.6. The van der Waals surface area contributed by atoms with Crippen molar-refractivity contribution in [2.24, 2.45) is 4.99 Å². The van der Waals surface area contributed by atoms with E-state index in [0.29, 0.717) is 24.6 Å². The number of methoxy groups -OCH3 is 1. The maximum Gasteiger partial charge on any atom is 0.221 e. The summed E-state index contributed by atoms with van der Waals surface area (Å²) in [5.74, 6) is 1.42. The van der Waals surface area contributed by atoms with Crippen LogP contribution >= 0.6 is 0 Å². The van der Waals surface area contributed by atoms with Crippen molar-refractivity contribution >= 4 is 52.4 Å². The van der Waals surface area contributed by atoms with Crippen LogP contribution < -0.4 is 21.2 Å². The van der Waals surface area contributed by atoms with E-state index in [4.69, 9.17) is 19.8 Å². The van der Waals surface area contributed by atoms with Crippen molar-refractivity contribution in [1.82, 2.24) is 39.6 Å². The molecule has 1 amide bonds.